The predicted molar refractivity (Wildman–Crippen MR) is 254 cm³/mol. The average molecular weight is 1030 g/mol. The van der Waals surface area contributed by atoms with Gasteiger partial charge in [0.05, 0.1) is 38.8 Å². The van der Waals surface area contributed by atoms with Crippen molar-refractivity contribution >= 4 is 67.4 Å². The highest BCUT2D eigenvalue weighted by Crippen LogP contribution is 2.33. The number of hydrogen-bond acceptors (Lipinski definition) is 17. The Morgan fingerprint density at radius 1 is 0.592 bits per heavy atom. The van der Waals surface area contributed by atoms with Gasteiger partial charge in [0, 0.05) is 25.9 Å². The molecule has 0 saturated carbocycles. The predicted octanol–water partition coefficient (Wildman–Crippen LogP) is 2.24. The van der Waals surface area contributed by atoms with Gasteiger partial charge in [0.15, 0.2) is 0 Å². The first-order chi connectivity index (χ1) is 33.8. The number of aryl methyl sites for hydroxylation is 2. The average Bonchev–Trinajstić information content (AvgIpc) is 3.78. The van der Waals surface area contributed by atoms with Crippen molar-refractivity contribution in [3.05, 3.63) is 101 Å². The van der Waals surface area contributed by atoms with Gasteiger partial charge in [0.2, 0.25) is 11.8 Å². The van der Waals surface area contributed by atoms with Crippen molar-refractivity contribution in [2.24, 2.45) is 0 Å². The Hall–Kier alpha value is -7.80. The van der Waals surface area contributed by atoms with Crippen molar-refractivity contribution in [3.63, 3.8) is 0 Å². The van der Waals surface area contributed by atoms with Crippen molar-refractivity contribution in [2.45, 2.75) is 51.4 Å². The number of ether oxygens (including phenoxy) is 4. The van der Waals surface area contributed by atoms with Gasteiger partial charge in [-0.1, -0.05) is 30.3 Å². The Morgan fingerprint density at radius 2 is 1.06 bits per heavy atom. The summed E-state index contributed by atoms with van der Waals surface area (Å²) in [5, 5.41) is 35.9. The molecule has 0 aliphatic carbocycles. The summed E-state index contributed by atoms with van der Waals surface area (Å²) in [4.78, 5) is 70.5. The van der Waals surface area contributed by atoms with Gasteiger partial charge < -0.3 is 44.9 Å². The zero-order valence-corrected chi connectivity index (χ0v) is 40.3. The Bertz CT molecular complexity index is 2830. The molecular weight excluding hydrogens is 973 g/mol. The number of aromatic hydroxyl groups is 3. The van der Waals surface area contributed by atoms with E-state index in [0.29, 0.717) is 80.7 Å². The summed E-state index contributed by atoms with van der Waals surface area (Å²) in [6.45, 7) is 0.693. The first kappa shape index (κ1) is 54.1. The van der Waals surface area contributed by atoms with E-state index in [9.17, 15) is 60.9 Å². The first-order valence-electron chi connectivity index (χ1n) is 22.0. The van der Waals surface area contributed by atoms with Gasteiger partial charge in [0.1, 0.15) is 53.0 Å². The molecule has 25 heteroatoms. The molecule has 0 aromatic heterocycles. The molecule has 71 heavy (non-hydrogen) atoms. The lowest BCUT2D eigenvalue weighted by Gasteiger charge is -2.16. The van der Waals surface area contributed by atoms with Gasteiger partial charge in [-0.25, -0.2) is 27.6 Å². The number of nitrogens with one attached hydrogen (secondary N) is 4. The van der Waals surface area contributed by atoms with Gasteiger partial charge in [0.25, 0.3) is 11.8 Å². The number of phenols is 3. The van der Waals surface area contributed by atoms with Gasteiger partial charge in [-0.15, -0.1) is 0 Å². The number of amides is 4. The largest absolute Gasteiger partial charge is 0.507 e. The Balaban J connectivity index is 0.000000264. The first-order valence-corrected chi connectivity index (χ1v) is 24.9. The van der Waals surface area contributed by atoms with Crippen molar-refractivity contribution in [2.75, 3.05) is 62.2 Å². The summed E-state index contributed by atoms with van der Waals surface area (Å²) in [6.07, 6.45) is 3.55. The van der Waals surface area contributed by atoms with Crippen LogP contribution in [0, 0.1) is 0 Å². The van der Waals surface area contributed by atoms with Gasteiger partial charge in [-0.2, -0.15) is 16.8 Å². The molecule has 4 aromatic carbocycles. The maximum atomic E-state index is 12.1. The van der Waals surface area contributed by atoms with Gasteiger partial charge >= 0.3 is 32.4 Å². The Kier molecular flexibility index (Phi) is 19.2. The lowest BCUT2D eigenvalue weighted by molar-refractivity contribution is -0.121. The van der Waals surface area contributed by atoms with Gasteiger partial charge in [-0.3, -0.25) is 19.2 Å². The number of unbranched alkanes of at least 4 members (excludes halogenated alkanes) is 2. The number of para-hydroxylation sites is 1. The number of hydrogen-bond donors (Lipinski definition) is 7. The van der Waals surface area contributed by atoms with Crippen LogP contribution >= 0.6 is 0 Å². The quantitative estimate of drug-likeness (QED) is 0.0438. The van der Waals surface area contributed by atoms with E-state index in [2.05, 4.69) is 15.4 Å². The minimum atomic E-state index is -4.02. The molecule has 382 valence electrons. The van der Waals surface area contributed by atoms with Crippen molar-refractivity contribution in [1.29, 1.82) is 0 Å². The fraction of sp³-hybridized carbons (Fsp3) is 0.348. The number of benzene rings is 4. The van der Waals surface area contributed by atoms with Crippen molar-refractivity contribution in [3.8, 4) is 28.7 Å². The topological polar surface area (TPSA) is 323 Å². The summed E-state index contributed by atoms with van der Waals surface area (Å²) in [5.74, 6) is -3.08. The van der Waals surface area contributed by atoms with E-state index in [1.54, 1.807) is 48.5 Å². The maximum Gasteiger partial charge on any atom is 0.345 e. The highest BCUT2D eigenvalue weighted by atomic mass is 32.2. The number of anilines is 2. The third-order valence-corrected chi connectivity index (χ3v) is 13.3. The summed E-state index contributed by atoms with van der Waals surface area (Å²) >= 11 is 0. The number of rotatable bonds is 22. The molecule has 2 fully saturated rings. The van der Waals surface area contributed by atoms with Crippen molar-refractivity contribution < 1.29 is 79.9 Å². The number of carbonyl (C=O) groups excluding carboxylic acids is 6. The smallest absolute Gasteiger partial charge is 0.345 e. The number of esters is 2. The summed E-state index contributed by atoms with van der Waals surface area (Å²) in [5.41, 5.74) is 1.56. The maximum absolute atomic E-state index is 12.1. The second-order valence-electron chi connectivity index (χ2n) is 15.7. The molecule has 0 unspecified atom stereocenters. The van der Waals surface area contributed by atoms with Crippen LogP contribution in [0.2, 0.25) is 0 Å². The molecule has 2 aliphatic heterocycles. The minimum Gasteiger partial charge on any atom is -0.507 e. The van der Waals surface area contributed by atoms with E-state index in [-0.39, 0.29) is 71.2 Å². The van der Waals surface area contributed by atoms with Crippen LogP contribution in [0.1, 0.15) is 70.4 Å². The molecule has 7 N–H and O–H groups in total. The Morgan fingerprint density at radius 3 is 1.51 bits per heavy atom. The molecule has 2 aliphatic rings. The summed E-state index contributed by atoms with van der Waals surface area (Å²) in [6, 6.07) is 20.0. The second-order valence-corrected chi connectivity index (χ2v) is 18.9. The molecule has 0 radical (unpaired) electrons. The molecule has 23 nitrogen and oxygen atoms in total. The molecule has 2 saturated heterocycles. The van der Waals surface area contributed by atoms with E-state index in [0.717, 1.165) is 8.61 Å². The van der Waals surface area contributed by atoms with Crippen LogP contribution < -0.4 is 38.2 Å². The van der Waals surface area contributed by atoms with Crippen LogP contribution in [0.4, 0.5) is 11.4 Å². The molecular formula is C46H54N6O17S2. The van der Waals surface area contributed by atoms with E-state index >= 15 is 0 Å². The summed E-state index contributed by atoms with van der Waals surface area (Å²) < 4.78 is 73.5. The molecule has 2 heterocycles. The highest BCUT2D eigenvalue weighted by Gasteiger charge is 2.36. The second kappa shape index (κ2) is 25.2. The third-order valence-electron chi connectivity index (χ3n) is 10.5. The number of methoxy groups -OCH3 is 2. The number of carbonyl (C=O) groups is 6. The standard InChI is InChI=1S/C23H27N3O9S.C23H27N3O8S/c1-34-23(31)22-17(27)5-4-6-19(22)35-12-3-2-11-24-20(29)10-8-15-7-9-16(18(28)13-15)26-14-21(30)25-36(26,32)33;1-33-23(30)17-6-2-3-7-20(17)34-13-5-4-12-24-21(28)11-9-16-8-10-18(19(27)14-16)26-15-22(29)25-35(26,31)32/h4-7,9,13,27-28H,2-3,8,10-12,14H2,1H3,(H,24,29)(H,25,30);2-3,6-8,10,14,27H,4-5,9,11-13,15H2,1H3,(H,24,28)(H,25,29). The fourth-order valence-corrected chi connectivity index (χ4v) is 9.30. The molecule has 0 bridgehead atoms. The zero-order valence-electron chi connectivity index (χ0n) is 38.7. The molecule has 0 spiro atoms. The third kappa shape index (κ3) is 15.3. The van der Waals surface area contributed by atoms with E-state index in [4.69, 9.17) is 14.2 Å². The monoisotopic (exact) mass is 1030 g/mol. The van der Waals surface area contributed by atoms with E-state index in [1.807, 2.05) is 9.44 Å². The fourth-order valence-electron chi connectivity index (χ4n) is 6.98. The molecule has 4 aromatic rings. The van der Waals surface area contributed by atoms with Gasteiger partial charge in [-0.05, 0) is 98.2 Å². The zero-order chi connectivity index (χ0) is 51.7. The number of nitrogens with zero attached hydrogens (tertiary/aromatic N) is 2. The van der Waals surface area contributed by atoms with Crippen LogP contribution in [0.3, 0.4) is 0 Å². The molecule has 0 atom stereocenters. The summed E-state index contributed by atoms with van der Waals surface area (Å²) in [7, 11) is -5.52. The van der Waals surface area contributed by atoms with Crippen molar-refractivity contribution in [1.82, 2.24) is 20.1 Å². The van der Waals surface area contributed by atoms with Crippen LogP contribution in [-0.2, 0) is 61.9 Å². The van der Waals surface area contributed by atoms with Crippen LogP contribution in [0.25, 0.3) is 0 Å². The van der Waals surface area contributed by atoms with E-state index in [1.165, 1.54) is 44.6 Å². The molecule has 6 rings (SSSR count). The Labute approximate surface area is 409 Å². The van der Waals surface area contributed by atoms with Crippen LogP contribution in [0.5, 0.6) is 28.7 Å². The lowest BCUT2D eigenvalue weighted by Crippen LogP contribution is -2.29. The van der Waals surface area contributed by atoms with E-state index < -0.39 is 57.3 Å². The minimum absolute atomic E-state index is 0.00650. The number of phenolic OH excluding ortho intramolecular Hbond substituents is 3. The molecule has 4 amide bonds. The normalized spacial score (nSPS) is 14.3. The van der Waals surface area contributed by atoms with Crippen LogP contribution in [-0.4, -0.2) is 121 Å². The highest BCUT2D eigenvalue weighted by molar-refractivity contribution is 7.92. The SMILES string of the molecule is COC(=O)c1c(O)cccc1OCCCCNC(=O)CCc1ccc(N2CC(=O)NS2(=O)=O)c(O)c1.COC(=O)c1ccccc1OCCCCNC(=O)CCc1ccc(N2CC(=O)NS2(=O)=O)c(O)c1. The lowest BCUT2D eigenvalue weighted by atomic mass is 10.1. The van der Waals surface area contributed by atoms with Crippen LogP contribution in [0.15, 0.2) is 78.9 Å².